The summed E-state index contributed by atoms with van der Waals surface area (Å²) in [5.41, 5.74) is -0.533. The molecule has 0 bridgehead atoms. The zero-order chi connectivity index (χ0) is 13.0. The van der Waals surface area contributed by atoms with Crippen molar-refractivity contribution in [2.24, 2.45) is 11.3 Å². The molecule has 1 saturated heterocycles. The fourth-order valence-corrected chi connectivity index (χ4v) is 3.26. The van der Waals surface area contributed by atoms with E-state index in [0.29, 0.717) is 5.92 Å². The maximum atomic E-state index is 11.6. The average molecular weight is 255 g/mol. The van der Waals surface area contributed by atoms with E-state index in [2.05, 4.69) is 4.90 Å². The summed E-state index contributed by atoms with van der Waals surface area (Å²) in [6.07, 6.45) is 5.35. The number of morpholine rings is 1. The molecule has 4 heteroatoms. The van der Waals surface area contributed by atoms with Crippen molar-refractivity contribution >= 4 is 5.97 Å². The number of carboxylic acid groups (broad SMARTS) is 1. The van der Waals surface area contributed by atoms with Gasteiger partial charge in [-0.05, 0) is 38.6 Å². The Kier molecular flexibility index (Phi) is 4.62. The molecule has 2 rings (SSSR count). The van der Waals surface area contributed by atoms with Gasteiger partial charge in [0.2, 0.25) is 0 Å². The molecule has 1 saturated carbocycles. The van der Waals surface area contributed by atoms with Crippen molar-refractivity contribution in [1.82, 2.24) is 4.90 Å². The second kappa shape index (κ2) is 6.02. The highest BCUT2D eigenvalue weighted by Gasteiger charge is 2.42. The Hall–Kier alpha value is -0.610. The van der Waals surface area contributed by atoms with Crippen LogP contribution in [0.2, 0.25) is 0 Å². The maximum Gasteiger partial charge on any atom is 0.309 e. The number of nitrogens with zero attached hydrogens (tertiary/aromatic N) is 1. The zero-order valence-corrected chi connectivity index (χ0v) is 11.4. The lowest BCUT2D eigenvalue weighted by Gasteiger charge is -2.35. The quantitative estimate of drug-likeness (QED) is 0.816. The Balaban J connectivity index is 1.90. The largest absolute Gasteiger partial charge is 0.481 e. The molecule has 1 aliphatic carbocycles. The zero-order valence-electron chi connectivity index (χ0n) is 11.4. The standard InChI is InChI=1S/C14H25NO3/c1-14(13(16)17,12-4-2-3-5-12)6-7-15-8-10-18-11-9-15/h12H,2-11H2,1H3,(H,16,17). The van der Waals surface area contributed by atoms with E-state index >= 15 is 0 Å². The van der Waals surface area contributed by atoms with Crippen molar-refractivity contribution < 1.29 is 14.6 Å². The molecule has 0 spiro atoms. The molecule has 104 valence electrons. The number of carbonyl (C=O) groups is 1. The van der Waals surface area contributed by atoms with Gasteiger partial charge in [-0.3, -0.25) is 9.69 Å². The second-order valence-corrected chi connectivity index (χ2v) is 5.91. The SMILES string of the molecule is CC(CCN1CCOCC1)(C(=O)O)C1CCCC1. The Morgan fingerprint density at radius 2 is 1.94 bits per heavy atom. The first-order chi connectivity index (χ1) is 8.63. The van der Waals surface area contributed by atoms with Crippen LogP contribution in [0.1, 0.15) is 39.0 Å². The summed E-state index contributed by atoms with van der Waals surface area (Å²) in [5, 5.41) is 9.58. The molecule has 4 nitrogen and oxygen atoms in total. The number of ether oxygens (including phenoxy) is 1. The molecule has 0 aromatic heterocycles. The summed E-state index contributed by atoms with van der Waals surface area (Å²) < 4.78 is 5.32. The first-order valence-corrected chi connectivity index (χ1v) is 7.16. The minimum absolute atomic E-state index is 0.371. The van der Waals surface area contributed by atoms with Crippen molar-refractivity contribution in [3.8, 4) is 0 Å². The fourth-order valence-electron chi connectivity index (χ4n) is 3.26. The van der Waals surface area contributed by atoms with Crippen LogP contribution in [0.15, 0.2) is 0 Å². The predicted molar refractivity (Wildman–Crippen MR) is 69.6 cm³/mol. The van der Waals surface area contributed by atoms with Gasteiger partial charge in [-0.1, -0.05) is 12.8 Å². The van der Waals surface area contributed by atoms with Gasteiger partial charge in [-0.25, -0.2) is 0 Å². The van der Waals surface area contributed by atoms with Gasteiger partial charge < -0.3 is 9.84 Å². The van der Waals surface area contributed by atoms with Crippen LogP contribution in [0.3, 0.4) is 0 Å². The molecule has 2 aliphatic rings. The molecule has 1 N–H and O–H groups in total. The van der Waals surface area contributed by atoms with Gasteiger partial charge in [-0.15, -0.1) is 0 Å². The Labute approximate surface area is 109 Å². The first-order valence-electron chi connectivity index (χ1n) is 7.16. The van der Waals surface area contributed by atoms with E-state index in [0.717, 1.165) is 52.1 Å². The van der Waals surface area contributed by atoms with Gasteiger partial charge in [0.25, 0.3) is 0 Å². The van der Waals surface area contributed by atoms with Crippen molar-refractivity contribution in [1.29, 1.82) is 0 Å². The van der Waals surface area contributed by atoms with Gasteiger partial charge >= 0.3 is 5.97 Å². The predicted octanol–water partition coefficient (Wildman–Crippen LogP) is 1.99. The topological polar surface area (TPSA) is 49.8 Å². The van der Waals surface area contributed by atoms with E-state index in [-0.39, 0.29) is 0 Å². The lowest BCUT2D eigenvalue weighted by Crippen LogP contribution is -2.42. The van der Waals surface area contributed by atoms with Gasteiger partial charge in [0.05, 0.1) is 18.6 Å². The Morgan fingerprint density at radius 3 is 2.50 bits per heavy atom. The number of rotatable bonds is 5. The summed E-state index contributed by atoms with van der Waals surface area (Å²) in [6, 6.07) is 0. The normalized spacial score (nSPS) is 26.1. The van der Waals surface area contributed by atoms with E-state index < -0.39 is 11.4 Å². The molecule has 0 amide bonds. The van der Waals surface area contributed by atoms with Crippen LogP contribution < -0.4 is 0 Å². The minimum atomic E-state index is -0.609. The summed E-state index contributed by atoms with van der Waals surface area (Å²) in [7, 11) is 0. The third-order valence-corrected chi connectivity index (χ3v) is 4.80. The molecule has 0 radical (unpaired) electrons. The molecule has 1 aliphatic heterocycles. The minimum Gasteiger partial charge on any atom is -0.481 e. The van der Waals surface area contributed by atoms with Crippen LogP contribution in [-0.2, 0) is 9.53 Å². The summed E-state index contributed by atoms with van der Waals surface area (Å²) in [6.45, 7) is 6.30. The smallest absolute Gasteiger partial charge is 0.309 e. The van der Waals surface area contributed by atoms with E-state index in [1.54, 1.807) is 0 Å². The highest BCUT2D eigenvalue weighted by Crippen LogP contribution is 2.42. The van der Waals surface area contributed by atoms with Crippen molar-refractivity contribution in [2.45, 2.75) is 39.0 Å². The fraction of sp³-hybridized carbons (Fsp3) is 0.929. The molecule has 1 unspecified atom stereocenters. The number of carboxylic acids is 1. The van der Waals surface area contributed by atoms with Gasteiger partial charge in [-0.2, -0.15) is 0 Å². The maximum absolute atomic E-state index is 11.6. The van der Waals surface area contributed by atoms with Crippen LogP contribution in [0.5, 0.6) is 0 Å². The van der Waals surface area contributed by atoms with Crippen LogP contribution in [0.4, 0.5) is 0 Å². The first kappa shape index (κ1) is 13.8. The summed E-state index contributed by atoms with van der Waals surface area (Å²) in [4.78, 5) is 14.0. The van der Waals surface area contributed by atoms with Crippen LogP contribution in [0, 0.1) is 11.3 Å². The molecule has 0 aromatic rings. The third-order valence-electron chi connectivity index (χ3n) is 4.80. The van der Waals surface area contributed by atoms with Crippen molar-refractivity contribution in [3.05, 3.63) is 0 Å². The average Bonchev–Trinajstić information content (AvgIpc) is 2.91. The summed E-state index contributed by atoms with van der Waals surface area (Å²) >= 11 is 0. The van der Waals surface area contributed by atoms with E-state index in [1.807, 2.05) is 6.92 Å². The van der Waals surface area contributed by atoms with E-state index in [9.17, 15) is 9.90 Å². The van der Waals surface area contributed by atoms with Gasteiger partial charge in [0.1, 0.15) is 0 Å². The lowest BCUT2D eigenvalue weighted by molar-refractivity contribution is -0.152. The molecule has 0 aromatic carbocycles. The van der Waals surface area contributed by atoms with E-state index in [1.165, 1.54) is 12.8 Å². The highest BCUT2D eigenvalue weighted by atomic mass is 16.5. The molecule has 2 fully saturated rings. The monoisotopic (exact) mass is 255 g/mol. The van der Waals surface area contributed by atoms with Crippen LogP contribution in [-0.4, -0.2) is 48.8 Å². The molecule has 1 heterocycles. The summed E-state index contributed by atoms with van der Waals surface area (Å²) in [5.74, 6) is -0.237. The number of hydrogen-bond donors (Lipinski definition) is 1. The molecule has 18 heavy (non-hydrogen) atoms. The number of aliphatic carboxylic acids is 1. The molecule has 1 atom stereocenters. The van der Waals surface area contributed by atoms with E-state index in [4.69, 9.17) is 4.74 Å². The van der Waals surface area contributed by atoms with Crippen molar-refractivity contribution in [3.63, 3.8) is 0 Å². The third kappa shape index (κ3) is 3.04. The molecular weight excluding hydrogens is 230 g/mol. The van der Waals surface area contributed by atoms with Gasteiger partial charge in [0, 0.05) is 13.1 Å². The number of hydrogen-bond acceptors (Lipinski definition) is 3. The second-order valence-electron chi connectivity index (χ2n) is 5.91. The van der Waals surface area contributed by atoms with Gasteiger partial charge in [0.15, 0.2) is 0 Å². The molecular formula is C14H25NO3. The van der Waals surface area contributed by atoms with Crippen LogP contribution >= 0.6 is 0 Å². The lowest BCUT2D eigenvalue weighted by atomic mass is 9.73. The highest BCUT2D eigenvalue weighted by molar-refractivity contribution is 5.74. The van der Waals surface area contributed by atoms with Crippen LogP contribution in [0.25, 0.3) is 0 Å². The Bertz CT molecular complexity index is 283. The Morgan fingerprint density at radius 1 is 1.33 bits per heavy atom. The van der Waals surface area contributed by atoms with Crippen molar-refractivity contribution in [2.75, 3.05) is 32.8 Å².